The summed E-state index contributed by atoms with van der Waals surface area (Å²) in [7, 11) is 1.55. The van der Waals surface area contributed by atoms with Crippen LogP contribution in [-0.4, -0.2) is 34.6 Å². The normalized spacial score (nSPS) is 10.3. The Labute approximate surface area is 171 Å². The van der Waals surface area contributed by atoms with Crippen molar-refractivity contribution in [3.63, 3.8) is 0 Å². The van der Waals surface area contributed by atoms with Gasteiger partial charge >= 0.3 is 5.97 Å². The summed E-state index contributed by atoms with van der Waals surface area (Å²) in [6, 6.07) is 13.9. The van der Waals surface area contributed by atoms with E-state index in [0.29, 0.717) is 22.2 Å². The summed E-state index contributed by atoms with van der Waals surface area (Å²) >= 11 is 5.86. The highest BCUT2D eigenvalue weighted by Gasteiger charge is 2.11. The zero-order valence-electron chi connectivity index (χ0n) is 15.5. The number of nitrogen functional groups attached to an aromatic ring is 1. The number of halogens is 1. The number of ether oxygens (including phenoxy) is 3. The first-order chi connectivity index (χ1) is 14.0. The average molecular weight is 416 g/mol. The molecule has 0 radical (unpaired) electrons. The number of para-hydroxylation sites is 2. The second-order valence-electron chi connectivity index (χ2n) is 5.67. The highest BCUT2D eigenvalue weighted by molar-refractivity contribution is 6.30. The van der Waals surface area contributed by atoms with E-state index < -0.39 is 5.97 Å². The number of anilines is 3. The Hall–Kier alpha value is -3.59. The van der Waals surface area contributed by atoms with E-state index in [2.05, 4.69) is 20.3 Å². The van der Waals surface area contributed by atoms with Crippen LogP contribution in [0.15, 0.2) is 48.5 Å². The minimum atomic E-state index is -0.594. The molecule has 0 atom stereocenters. The smallest absolute Gasteiger partial charge is 0.344 e. The number of nitrogens with zero attached hydrogens (tertiary/aromatic N) is 3. The number of rotatable bonds is 8. The van der Waals surface area contributed by atoms with E-state index in [1.807, 2.05) is 12.1 Å². The van der Waals surface area contributed by atoms with Crippen LogP contribution in [0.3, 0.4) is 0 Å². The molecule has 0 unspecified atom stereocenters. The highest BCUT2D eigenvalue weighted by atomic mass is 35.5. The van der Waals surface area contributed by atoms with E-state index >= 15 is 0 Å². The number of nitrogens with two attached hydrogens (primary N) is 1. The topological polar surface area (TPSA) is 121 Å². The Kier molecular flexibility index (Phi) is 6.64. The van der Waals surface area contributed by atoms with Crippen LogP contribution >= 0.6 is 11.6 Å². The van der Waals surface area contributed by atoms with E-state index in [1.54, 1.807) is 43.5 Å². The zero-order chi connectivity index (χ0) is 20.6. The monoisotopic (exact) mass is 415 g/mol. The van der Waals surface area contributed by atoms with Crippen molar-refractivity contribution in [3.8, 4) is 11.5 Å². The Morgan fingerprint density at radius 1 is 1.14 bits per heavy atom. The number of hydrogen-bond donors (Lipinski definition) is 2. The predicted octanol–water partition coefficient (Wildman–Crippen LogP) is 2.98. The second kappa shape index (κ2) is 9.56. The lowest BCUT2D eigenvalue weighted by molar-refractivity contribution is -0.147. The molecule has 3 aromatic rings. The maximum Gasteiger partial charge on any atom is 0.344 e. The third-order valence-electron chi connectivity index (χ3n) is 3.57. The van der Waals surface area contributed by atoms with Gasteiger partial charge < -0.3 is 25.3 Å². The molecule has 2 aromatic carbocycles. The number of benzene rings is 2. The van der Waals surface area contributed by atoms with Gasteiger partial charge in [0.05, 0.1) is 12.8 Å². The number of methoxy groups -OCH3 is 1. The molecule has 0 saturated carbocycles. The summed E-state index contributed by atoms with van der Waals surface area (Å²) in [4.78, 5) is 24.1. The lowest BCUT2D eigenvalue weighted by atomic mass is 10.3. The van der Waals surface area contributed by atoms with Gasteiger partial charge in [-0.25, -0.2) is 4.79 Å². The number of carbonyl (C=O) groups excluding carboxylic acids is 1. The third kappa shape index (κ3) is 5.94. The quantitative estimate of drug-likeness (QED) is 0.534. The Morgan fingerprint density at radius 3 is 2.76 bits per heavy atom. The maximum atomic E-state index is 11.9. The minimum Gasteiger partial charge on any atom is -0.495 e. The van der Waals surface area contributed by atoms with Crippen molar-refractivity contribution in [1.82, 2.24) is 15.0 Å². The van der Waals surface area contributed by atoms with Gasteiger partial charge in [-0.05, 0) is 30.3 Å². The van der Waals surface area contributed by atoms with Crippen molar-refractivity contribution >= 4 is 35.2 Å². The van der Waals surface area contributed by atoms with Crippen LogP contribution in [0.4, 0.5) is 17.6 Å². The largest absolute Gasteiger partial charge is 0.495 e. The van der Waals surface area contributed by atoms with E-state index in [9.17, 15) is 4.79 Å². The number of esters is 1. The fourth-order valence-electron chi connectivity index (χ4n) is 2.31. The van der Waals surface area contributed by atoms with Crippen LogP contribution in [0.1, 0.15) is 5.82 Å². The zero-order valence-corrected chi connectivity index (χ0v) is 16.2. The summed E-state index contributed by atoms with van der Waals surface area (Å²) in [5, 5.41) is 3.51. The summed E-state index contributed by atoms with van der Waals surface area (Å²) < 4.78 is 15.7. The molecule has 1 aromatic heterocycles. The van der Waals surface area contributed by atoms with Crippen molar-refractivity contribution in [2.45, 2.75) is 6.61 Å². The molecule has 10 heteroatoms. The minimum absolute atomic E-state index is 0.0152. The second-order valence-corrected chi connectivity index (χ2v) is 6.10. The van der Waals surface area contributed by atoms with Crippen LogP contribution in [-0.2, 0) is 16.1 Å². The van der Waals surface area contributed by atoms with Gasteiger partial charge in [-0.2, -0.15) is 15.0 Å². The number of carbonyl (C=O) groups is 1. The fourth-order valence-corrected chi connectivity index (χ4v) is 2.49. The Balaban J connectivity index is 1.59. The molecule has 1 heterocycles. The molecule has 0 saturated heterocycles. The van der Waals surface area contributed by atoms with Crippen LogP contribution in [0.25, 0.3) is 0 Å². The van der Waals surface area contributed by atoms with Gasteiger partial charge in [0.2, 0.25) is 11.9 Å². The molecular formula is C19H18ClN5O4. The summed E-state index contributed by atoms with van der Waals surface area (Å²) in [5.74, 6) is 0.843. The molecule has 0 aliphatic heterocycles. The first kappa shape index (κ1) is 20.2. The van der Waals surface area contributed by atoms with E-state index in [0.717, 1.165) is 0 Å². The molecule has 0 amide bonds. The van der Waals surface area contributed by atoms with Crippen molar-refractivity contribution in [1.29, 1.82) is 0 Å². The van der Waals surface area contributed by atoms with Gasteiger partial charge in [-0.1, -0.05) is 29.8 Å². The van der Waals surface area contributed by atoms with E-state index in [1.165, 1.54) is 0 Å². The van der Waals surface area contributed by atoms with Gasteiger partial charge in [0.1, 0.15) is 11.5 Å². The van der Waals surface area contributed by atoms with Crippen molar-refractivity contribution < 1.29 is 19.0 Å². The van der Waals surface area contributed by atoms with Crippen molar-refractivity contribution in [2.75, 3.05) is 24.8 Å². The van der Waals surface area contributed by atoms with Crippen LogP contribution < -0.4 is 20.5 Å². The SMILES string of the molecule is COc1ccccc1Nc1nc(N)nc(COC(=O)COc2cccc(Cl)c2)n1. The first-order valence-corrected chi connectivity index (χ1v) is 8.86. The molecule has 3 N–H and O–H groups in total. The third-order valence-corrected chi connectivity index (χ3v) is 3.80. The summed E-state index contributed by atoms with van der Waals surface area (Å²) in [6.45, 7) is -0.474. The van der Waals surface area contributed by atoms with Gasteiger partial charge in [0.15, 0.2) is 19.0 Å². The molecule has 0 aliphatic carbocycles. The molecule has 9 nitrogen and oxygen atoms in total. The molecule has 3 rings (SSSR count). The van der Waals surface area contributed by atoms with E-state index in [-0.39, 0.29) is 30.9 Å². The molecule has 0 aliphatic rings. The molecule has 150 valence electrons. The van der Waals surface area contributed by atoms with Gasteiger partial charge in [0, 0.05) is 5.02 Å². The van der Waals surface area contributed by atoms with Crippen LogP contribution in [0, 0.1) is 0 Å². The highest BCUT2D eigenvalue weighted by Crippen LogP contribution is 2.25. The Bertz CT molecular complexity index is 1000. The van der Waals surface area contributed by atoms with Gasteiger partial charge in [-0.3, -0.25) is 0 Å². The summed E-state index contributed by atoms with van der Waals surface area (Å²) in [5.41, 5.74) is 6.38. The lowest BCUT2D eigenvalue weighted by Crippen LogP contribution is -2.16. The first-order valence-electron chi connectivity index (χ1n) is 8.48. The number of hydrogen-bond acceptors (Lipinski definition) is 9. The molecular weight excluding hydrogens is 398 g/mol. The van der Waals surface area contributed by atoms with Crippen molar-refractivity contribution in [2.24, 2.45) is 0 Å². The van der Waals surface area contributed by atoms with Crippen LogP contribution in [0.2, 0.25) is 5.02 Å². The fraction of sp³-hybridized carbons (Fsp3) is 0.158. The van der Waals surface area contributed by atoms with Crippen molar-refractivity contribution in [3.05, 3.63) is 59.4 Å². The molecule has 0 spiro atoms. The maximum absolute atomic E-state index is 11.9. The number of aromatic nitrogens is 3. The van der Waals surface area contributed by atoms with Gasteiger partial charge in [-0.15, -0.1) is 0 Å². The predicted molar refractivity (Wildman–Crippen MR) is 107 cm³/mol. The van der Waals surface area contributed by atoms with Gasteiger partial charge in [0.25, 0.3) is 0 Å². The molecule has 29 heavy (non-hydrogen) atoms. The lowest BCUT2D eigenvalue weighted by Gasteiger charge is -2.11. The van der Waals surface area contributed by atoms with Crippen LogP contribution in [0.5, 0.6) is 11.5 Å². The molecule has 0 bridgehead atoms. The number of nitrogens with one attached hydrogen (secondary N) is 1. The van der Waals surface area contributed by atoms with E-state index in [4.69, 9.17) is 31.5 Å². The standard InChI is InChI=1S/C19H18ClN5O4/c1-27-15-8-3-2-7-14(15)22-19-24-16(23-18(21)25-19)10-29-17(26)11-28-13-6-4-5-12(20)9-13/h2-9H,10-11H2,1H3,(H3,21,22,23,24,25). The Morgan fingerprint density at radius 2 is 1.97 bits per heavy atom. The average Bonchev–Trinajstić information content (AvgIpc) is 2.71. The molecule has 0 fully saturated rings. The summed E-state index contributed by atoms with van der Waals surface area (Å²) in [6.07, 6.45) is 0.